The van der Waals surface area contributed by atoms with Crippen LogP contribution in [-0.4, -0.2) is 43.8 Å². The van der Waals surface area contributed by atoms with E-state index in [2.05, 4.69) is 199 Å². The van der Waals surface area contributed by atoms with Crippen molar-refractivity contribution in [3.8, 4) is 22.5 Å². The van der Waals surface area contributed by atoms with E-state index in [0.29, 0.717) is 0 Å². The van der Waals surface area contributed by atoms with Gasteiger partial charge in [0.25, 0.3) is 0 Å². The average molecular weight is 733 g/mol. The minimum Gasteiger partial charge on any atom is -0.303 e. The molecule has 6 nitrogen and oxygen atoms in total. The average Bonchev–Trinajstić information content (AvgIpc) is 3.52. The quantitative estimate of drug-likeness (QED) is 0.160. The Morgan fingerprint density at radius 3 is 1.02 bits per heavy atom. The number of aliphatic imine (C=N–C) groups is 2. The van der Waals surface area contributed by atoms with Crippen molar-refractivity contribution in [2.75, 3.05) is 9.80 Å². The molecule has 0 amide bonds. The van der Waals surface area contributed by atoms with Gasteiger partial charge in [-0.2, -0.15) is 0 Å². The van der Waals surface area contributed by atoms with Crippen LogP contribution in [0.25, 0.3) is 44.1 Å². The largest absolute Gasteiger partial charge is 0.303 e. The number of fused-ring (bicyclic) bond motifs is 2. The molecule has 0 radical (unpaired) electrons. The lowest BCUT2D eigenvalue weighted by Gasteiger charge is -2.41. The summed E-state index contributed by atoms with van der Waals surface area (Å²) in [5, 5.41) is 4.52. The first kappa shape index (κ1) is 35.6. The van der Waals surface area contributed by atoms with Crippen LogP contribution < -0.4 is 9.80 Å². The Morgan fingerprint density at radius 1 is 0.357 bits per heavy atom. The molecular formula is C50H48N6. The first-order chi connectivity index (χ1) is 26.8. The van der Waals surface area contributed by atoms with E-state index >= 15 is 0 Å². The van der Waals surface area contributed by atoms with Gasteiger partial charge in [0.15, 0.2) is 0 Å². The molecule has 0 bridgehead atoms. The Kier molecular flexibility index (Phi) is 8.07. The molecular weight excluding hydrogens is 685 g/mol. The molecule has 0 atom stereocenters. The summed E-state index contributed by atoms with van der Waals surface area (Å²) >= 11 is 0. The van der Waals surface area contributed by atoms with E-state index in [1.165, 1.54) is 0 Å². The number of rotatable bonds is 6. The third-order valence-electron chi connectivity index (χ3n) is 12.7. The van der Waals surface area contributed by atoms with Gasteiger partial charge < -0.3 is 9.80 Å². The summed E-state index contributed by atoms with van der Waals surface area (Å²) in [5.41, 5.74) is 4.85. The summed E-state index contributed by atoms with van der Waals surface area (Å²) in [7, 11) is 0. The second-order valence-electron chi connectivity index (χ2n) is 17.1. The van der Waals surface area contributed by atoms with Crippen molar-refractivity contribution in [2.45, 2.75) is 77.5 Å². The van der Waals surface area contributed by atoms with Crippen molar-refractivity contribution in [1.82, 2.24) is 9.97 Å². The monoisotopic (exact) mass is 732 g/mol. The third kappa shape index (κ3) is 5.37. The number of nitrogens with zero attached hydrogens (tertiary/aromatic N) is 6. The Morgan fingerprint density at radius 2 is 0.679 bits per heavy atom. The van der Waals surface area contributed by atoms with Gasteiger partial charge in [0.2, 0.25) is 0 Å². The number of hydrogen-bond acceptors (Lipinski definition) is 6. The summed E-state index contributed by atoms with van der Waals surface area (Å²) < 4.78 is 0. The highest BCUT2D eigenvalue weighted by molar-refractivity contribution is 6.21. The third-order valence-corrected chi connectivity index (χ3v) is 12.7. The Labute approximate surface area is 330 Å². The molecule has 9 rings (SSSR count). The van der Waals surface area contributed by atoms with E-state index in [1.54, 1.807) is 0 Å². The highest BCUT2D eigenvalue weighted by Crippen LogP contribution is 2.47. The smallest absolute Gasteiger partial charge is 0.137 e. The van der Waals surface area contributed by atoms with Crippen molar-refractivity contribution < 1.29 is 0 Å². The maximum absolute atomic E-state index is 5.51. The van der Waals surface area contributed by atoms with E-state index < -0.39 is 0 Å². The lowest BCUT2D eigenvalue weighted by atomic mass is 9.83. The predicted octanol–water partition coefficient (Wildman–Crippen LogP) is 11.8. The van der Waals surface area contributed by atoms with Gasteiger partial charge in [0, 0.05) is 22.3 Å². The molecule has 0 unspecified atom stereocenters. The van der Waals surface area contributed by atoms with Crippen LogP contribution in [0.1, 0.15) is 66.5 Å². The summed E-state index contributed by atoms with van der Waals surface area (Å²) in [6.45, 7) is 17.9. The van der Waals surface area contributed by atoms with E-state index in [1.807, 2.05) is 12.1 Å². The predicted molar refractivity (Wildman–Crippen MR) is 235 cm³/mol. The standard InChI is InChI=1S/C50H48N6/c1-47(2)49(5,6)55(45(53-47)33-21-11-9-12-22-33)41-31-19-29-39(51-41)43-35-25-15-17-27-37(35)44(38-28-18-16-26-36(38)43)40-30-20-32-42(52-40)56-46(34-23-13-10-14-24-34)54-48(3,4)50(56,7)8/h9-32H,1-8H3. The zero-order valence-corrected chi connectivity index (χ0v) is 33.5. The van der Waals surface area contributed by atoms with Gasteiger partial charge in [0.1, 0.15) is 23.3 Å². The zero-order chi connectivity index (χ0) is 39.0. The van der Waals surface area contributed by atoms with Crippen molar-refractivity contribution in [2.24, 2.45) is 9.98 Å². The number of amidine groups is 2. The first-order valence-corrected chi connectivity index (χ1v) is 19.6. The lowest BCUT2D eigenvalue weighted by Crippen LogP contribution is -2.53. The Bertz CT molecular complexity index is 2460. The molecule has 2 aliphatic rings. The highest BCUT2D eigenvalue weighted by atomic mass is 15.4. The zero-order valence-electron chi connectivity index (χ0n) is 33.5. The number of anilines is 2. The maximum atomic E-state index is 5.51. The van der Waals surface area contributed by atoms with Gasteiger partial charge in [-0.3, -0.25) is 9.98 Å². The normalized spacial score (nSPS) is 18.0. The fourth-order valence-electron chi connectivity index (χ4n) is 8.39. The molecule has 278 valence electrons. The molecule has 2 aromatic heterocycles. The van der Waals surface area contributed by atoms with Crippen molar-refractivity contribution in [3.63, 3.8) is 0 Å². The first-order valence-electron chi connectivity index (χ1n) is 19.6. The van der Waals surface area contributed by atoms with Crippen LogP contribution in [-0.2, 0) is 0 Å². The van der Waals surface area contributed by atoms with E-state index in [9.17, 15) is 0 Å². The highest BCUT2D eigenvalue weighted by Gasteiger charge is 2.51. The maximum Gasteiger partial charge on any atom is 0.137 e. The van der Waals surface area contributed by atoms with Crippen molar-refractivity contribution in [3.05, 3.63) is 157 Å². The summed E-state index contributed by atoms with van der Waals surface area (Å²) in [5.74, 6) is 3.62. The van der Waals surface area contributed by atoms with Crippen molar-refractivity contribution in [1.29, 1.82) is 0 Å². The summed E-state index contributed by atoms with van der Waals surface area (Å²) in [6.07, 6.45) is 0. The molecule has 7 aromatic rings. The van der Waals surface area contributed by atoms with Crippen LogP contribution in [0.4, 0.5) is 11.6 Å². The van der Waals surface area contributed by atoms with Crippen LogP contribution in [0.2, 0.25) is 0 Å². The lowest BCUT2D eigenvalue weighted by molar-refractivity contribution is 0.337. The summed E-state index contributed by atoms with van der Waals surface area (Å²) in [4.78, 5) is 26.3. The number of aromatic nitrogens is 2. The van der Waals surface area contributed by atoms with Crippen LogP contribution in [0.5, 0.6) is 0 Å². The minimum absolute atomic E-state index is 0.335. The molecule has 0 aliphatic carbocycles. The topological polar surface area (TPSA) is 57.0 Å². The molecule has 0 saturated carbocycles. The fourth-order valence-corrected chi connectivity index (χ4v) is 8.39. The molecule has 4 heterocycles. The Balaban J connectivity index is 1.22. The number of hydrogen-bond donors (Lipinski definition) is 0. The van der Waals surface area contributed by atoms with Gasteiger partial charge in [0.05, 0.1) is 33.5 Å². The van der Waals surface area contributed by atoms with E-state index in [4.69, 9.17) is 20.0 Å². The molecule has 6 heteroatoms. The van der Waals surface area contributed by atoms with Gasteiger partial charge in [-0.05, 0) is 101 Å². The Hall–Kier alpha value is -6.14. The van der Waals surface area contributed by atoms with Gasteiger partial charge in [-0.1, -0.05) is 121 Å². The van der Waals surface area contributed by atoms with Crippen LogP contribution >= 0.6 is 0 Å². The van der Waals surface area contributed by atoms with Crippen LogP contribution in [0.3, 0.4) is 0 Å². The molecule has 0 fully saturated rings. The number of pyridine rings is 2. The molecule has 2 aliphatic heterocycles. The van der Waals surface area contributed by atoms with Gasteiger partial charge in [-0.15, -0.1) is 0 Å². The minimum atomic E-state index is -0.341. The number of benzene rings is 5. The van der Waals surface area contributed by atoms with E-state index in [0.717, 1.165) is 78.5 Å². The molecule has 5 aromatic carbocycles. The van der Waals surface area contributed by atoms with Gasteiger partial charge >= 0.3 is 0 Å². The molecule has 0 N–H and O–H groups in total. The molecule has 0 saturated heterocycles. The molecule has 56 heavy (non-hydrogen) atoms. The second-order valence-corrected chi connectivity index (χ2v) is 17.1. The SMILES string of the molecule is CC1(C)N=C(c2ccccc2)N(c2cccc(-c3c4ccccc4c(-c4cccc(N5C(c6ccccc6)=NC(C)(C)C5(C)C)n4)c4ccccc34)n2)C1(C)C. The van der Waals surface area contributed by atoms with Crippen molar-refractivity contribution >= 4 is 44.9 Å². The summed E-state index contributed by atoms with van der Waals surface area (Å²) in [6, 6.07) is 51.2. The van der Waals surface area contributed by atoms with E-state index in [-0.39, 0.29) is 22.2 Å². The second kappa shape index (κ2) is 12.7. The fraction of sp³-hybridized carbons (Fsp3) is 0.240. The van der Waals surface area contributed by atoms with Crippen LogP contribution in [0, 0.1) is 0 Å². The van der Waals surface area contributed by atoms with Gasteiger partial charge in [-0.25, -0.2) is 9.97 Å². The molecule has 0 spiro atoms. The van der Waals surface area contributed by atoms with Crippen LogP contribution in [0.15, 0.2) is 156 Å².